The van der Waals surface area contributed by atoms with Gasteiger partial charge in [-0.3, -0.25) is 0 Å². The zero-order valence-corrected chi connectivity index (χ0v) is 18.7. The van der Waals surface area contributed by atoms with Crippen LogP contribution in [0.4, 0.5) is 30.7 Å². The Balaban J connectivity index is 1.68. The number of hydrogen-bond donors (Lipinski definition) is 0. The maximum Gasteiger partial charge on any atom is 0.429 e. The van der Waals surface area contributed by atoms with Crippen LogP contribution in [-0.4, -0.2) is 6.61 Å². The fourth-order valence-electron chi connectivity index (χ4n) is 4.49. The van der Waals surface area contributed by atoms with E-state index < -0.39 is 47.2 Å². The number of halogens is 7. The van der Waals surface area contributed by atoms with Crippen LogP contribution in [-0.2, 0) is 6.11 Å². The monoisotopic (exact) mass is 492 g/mol. The number of ether oxygens (including phenoxy) is 2. The van der Waals surface area contributed by atoms with Gasteiger partial charge in [0.05, 0.1) is 5.56 Å². The van der Waals surface area contributed by atoms with Crippen LogP contribution in [0.5, 0.6) is 11.5 Å². The Hall–Kier alpha value is -2.45. The van der Waals surface area contributed by atoms with Crippen molar-refractivity contribution in [3.05, 3.63) is 58.9 Å². The van der Waals surface area contributed by atoms with Crippen LogP contribution in [0, 0.1) is 23.4 Å². The molecule has 0 atom stereocenters. The SMILES string of the molecule is CCCCCC1CCC(c2ccc(C(F)(F)Oc3cc(F)c(OC(F)F)c(F)c3)c(F)c2)CC1. The van der Waals surface area contributed by atoms with Gasteiger partial charge in [-0.1, -0.05) is 38.7 Å². The summed E-state index contributed by atoms with van der Waals surface area (Å²) in [6.45, 7) is -1.36. The van der Waals surface area contributed by atoms with Crippen molar-refractivity contribution in [2.24, 2.45) is 5.92 Å². The topological polar surface area (TPSA) is 18.5 Å². The van der Waals surface area contributed by atoms with Crippen LogP contribution in [0.3, 0.4) is 0 Å². The van der Waals surface area contributed by atoms with E-state index in [1.165, 1.54) is 25.3 Å². The van der Waals surface area contributed by atoms with E-state index in [1.807, 2.05) is 0 Å². The molecule has 1 aliphatic rings. The first-order chi connectivity index (χ1) is 16.1. The van der Waals surface area contributed by atoms with Crippen molar-refractivity contribution in [1.82, 2.24) is 0 Å². The quantitative estimate of drug-likeness (QED) is 0.244. The molecule has 0 unspecified atom stereocenters. The predicted octanol–water partition coefficient (Wildman–Crippen LogP) is 8.69. The molecule has 1 fully saturated rings. The standard InChI is InChI=1S/C25H27F7O2/c1-2-3-4-5-15-6-8-16(9-7-15)17-10-11-19(20(26)12-17)25(31,32)34-18-13-21(27)23(22(28)14-18)33-24(29)30/h10-16,24H,2-9H2,1H3. The first kappa shape index (κ1) is 26.2. The Labute approximate surface area is 194 Å². The van der Waals surface area contributed by atoms with Crippen molar-refractivity contribution in [2.45, 2.75) is 76.9 Å². The summed E-state index contributed by atoms with van der Waals surface area (Å²) in [6.07, 6.45) is 4.21. The third-order valence-electron chi connectivity index (χ3n) is 6.27. The van der Waals surface area contributed by atoms with Crippen molar-refractivity contribution in [3.8, 4) is 11.5 Å². The first-order valence-corrected chi connectivity index (χ1v) is 11.4. The van der Waals surface area contributed by atoms with Crippen LogP contribution < -0.4 is 9.47 Å². The molecular weight excluding hydrogens is 465 g/mol. The maximum absolute atomic E-state index is 14.6. The molecule has 0 bridgehead atoms. The minimum Gasteiger partial charge on any atom is -0.429 e. The molecule has 1 saturated carbocycles. The molecule has 0 N–H and O–H groups in total. The average Bonchev–Trinajstić information content (AvgIpc) is 2.76. The molecule has 0 heterocycles. The zero-order valence-electron chi connectivity index (χ0n) is 18.7. The molecular formula is C25H27F7O2. The molecule has 9 heteroatoms. The van der Waals surface area contributed by atoms with Crippen molar-refractivity contribution in [1.29, 1.82) is 0 Å². The van der Waals surface area contributed by atoms with Gasteiger partial charge in [-0.15, -0.1) is 0 Å². The summed E-state index contributed by atoms with van der Waals surface area (Å²) in [4.78, 5) is 0. The van der Waals surface area contributed by atoms with Gasteiger partial charge < -0.3 is 9.47 Å². The van der Waals surface area contributed by atoms with E-state index in [1.54, 1.807) is 0 Å². The number of alkyl halides is 4. The second-order valence-corrected chi connectivity index (χ2v) is 8.67. The fraction of sp³-hybridized carbons (Fsp3) is 0.520. The molecule has 188 valence electrons. The van der Waals surface area contributed by atoms with E-state index in [0.29, 0.717) is 11.5 Å². The minimum absolute atomic E-state index is 0.0751. The molecule has 0 amide bonds. The summed E-state index contributed by atoms with van der Waals surface area (Å²) < 4.78 is 104. The summed E-state index contributed by atoms with van der Waals surface area (Å²) in [6, 6.07) is 3.90. The van der Waals surface area contributed by atoms with Crippen LogP contribution >= 0.6 is 0 Å². The van der Waals surface area contributed by atoms with Crippen molar-refractivity contribution >= 4 is 0 Å². The minimum atomic E-state index is -4.26. The van der Waals surface area contributed by atoms with Gasteiger partial charge in [0.15, 0.2) is 17.4 Å². The van der Waals surface area contributed by atoms with Gasteiger partial charge in [-0.05, 0) is 55.2 Å². The molecule has 2 aromatic carbocycles. The summed E-state index contributed by atoms with van der Waals surface area (Å²) in [7, 11) is 0. The number of benzene rings is 2. The number of hydrogen-bond acceptors (Lipinski definition) is 2. The second kappa shape index (κ2) is 11.3. The molecule has 0 aromatic heterocycles. The summed E-state index contributed by atoms with van der Waals surface area (Å²) in [5.41, 5.74) is -0.479. The Bertz CT molecular complexity index is 933. The normalized spacial score (nSPS) is 18.9. The molecule has 1 aliphatic carbocycles. The number of unbranched alkanes of at least 4 members (excludes halogenated alkanes) is 2. The Morgan fingerprint density at radius 2 is 1.56 bits per heavy atom. The molecule has 2 aromatic rings. The molecule has 0 aliphatic heterocycles. The van der Waals surface area contributed by atoms with E-state index >= 15 is 0 Å². The molecule has 0 spiro atoms. The van der Waals surface area contributed by atoms with Gasteiger partial charge in [-0.2, -0.15) is 17.6 Å². The Kier molecular flexibility index (Phi) is 8.71. The predicted molar refractivity (Wildman–Crippen MR) is 113 cm³/mol. The van der Waals surface area contributed by atoms with Crippen LogP contribution in [0.25, 0.3) is 0 Å². The zero-order chi connectivity index (χ0) is 24.9. The number of rotatable bonds is 10. The van der Waals surface area contributed by atoms with E-state index in [2.05, 4.69) is 16.4 Å². The fourth-order valence-corrected chi connectivity index (χ4v) is 4.49. The second-order valence-electron chi connectivity index (χ2n) is 8.67. The van der Waals surface area contributed by atoms with E-state index in [4.69, 9.17) is 0 Å². The highest BCUT2D eigenvalue weighted by Gasteiger charge is 2.38. The van der Waals surface area contributed by atoms with E-state index in [-0.39, 0.29) is 18.1 Å². The third-order valence-corrected chi connectivity index (χ3v) is 6.27. The largest absolute Gasteiger partial charge is 0.429 e. The van der Waals surface area contributed by atoms with Crippen LogP contribution in [0.2, 0.25) is 0 Å². The lowest BCUT2D eigenvalue weighted by atomic mass is 9.77. The van der Waals surface area contributed by atoms with Crippen molar-refractivity contribution in [2.75, 3.05) is 0 Å². The van der Waals surface area contributed by atoms with Gasteiger partial charge in [0, 0.05) is 12.1 Å². The van der Waals surface area contributed by atoms with Gasteiger partial charge in [0.25, 0.3) is 0 Å². The highest BCUT2D eigenvalue weighted by atomic mass is 19.3. The molecule has 0 radical (unpaired) electrons. The van der Waals surface area contributed by atoms with E-state index in [0.717, 1.165) is 44.2 Å². The molecule has 0 saturated heterocycles. The van der Waals surface area contributed by atoms with Crippen LogP contribution in [0.15, 0.2) is 30.3 Å². The van der Waals surface area contributed by atoms with Gasteiger partial charge in [0.1, 0.15) is 11.6 Å². The van der Waals surface area contributed by atoms with Crippen LogP contribution in [0.1, 0.15) is 75.3 Å². The molecule has 2 nitrogen and oxygen atoms in total. The average molecular weight is 492 g/mol. The highest BCUT2D eigenvalue weighted by Crippen LogP contribution is 2.40. The Morgan fingerprint density at radius 3 is 2.12 bits per heavy atom. The molecule has 3 rings (SSSR count). The maximum atomic E-state index is 14.6. The lowest BCUT2D eigenvalue weighted by Crippen LogP contribution is -2.24. The van der Waals surface area contributed by atoms with Gasteiger partial charge in [0.2, 0.25) is 0 Å². The third kappa shape index (κ3) is 6.57. The van der Waals surface area contributed by atoms with E-state index in [9.17, 15) is 30.7 Å². The van der Waals surface area contributed by atoms with Gasteiger partial charge in [-0.25, -0.2) is 13.2 Å². The van der Waals surface area contributed by atoms with Crippen molar-refractivity contribution < 1.29 is 40.2 Å². The highest BCUT2D eigenvalue weighted by molar-refractivity contribution is 5.36. The smallest absolute Gasteiger partial charge is 0.429 e. The van der Waals surface area contributed by atoms with Crippen molar-refractivity contribution in [3.63, 3.8) is 0 Å². The summed E-state index contributed by atoms with van der Waals surface area (Å²) >= 11 is 0. The Morgan fingerprint density at radius 1 is 0.912 bits per heavy atom. The summed E-state index contributed by atoms with van der Waals surface area (Å²) in [5, 5.41) is 0. The molecule has 34 heavy (non-hydrogen) atoms. The first-order valence-electron chi connectivity index (χ1n) is 11.4. The van der Waals surface area contributed by atoms with Gasteiger partial charge >= 0.3 is 12.7 Å². The summed E-state index contributed by atoms with van der Waals surface area (Å²) in [5.74, 6) is -6.24. The lowest BCUT2D eigenvalue weighted by molar-refractivity contribution is -0.187. The lowest BCUT2D eigenvalue weighted by Gasteiger charge is -2.29.